The van der Waals surface area contributed by atoms with Crippen LogP contribution in [0.5, 0.6) is 0 Å². The lowest BCUT2D eigenvalue weighted by atomic mass is 10.2. The maximum Gasteiger partial charge on any atom is 0.338 e. The number of esters is 1. The fraction of sp³-hybridized carbons (Fsp3) is 0.182. The first-order valence-electron chi connectivity index (χ1n) is 9.56. The molecule has 3 amide bonds. The van der Waals surface area contributed by atoms with Crippen LogP contribution < -0.4 is 16.0 Å². The Kier molecular flexibility index (Phi) is 6.99. The highest BCUT2D eigenvalue weighted by molar-refractivity contribution is 7.17. The molecule has 0 radical (unpaired) electrons. The Morgan fingerprint density at radius 2 is 1.71 bits per heavy atom. The van der Waals surface area contributed by atoms with Gasteiger partial charge in [0.05, 0.1) is 17.9 Å². The Labute approximate surface area is 183 Å². The molecular formula is C22H22N4O4S. The lowest BCUT2D eigenvalue weighted by molar-refractivity contribution is 0.0526. The molecule has 160 valence electrons. The Hall–Kier alpha value is -3.72. The van der Waals surface area contributed by atoms with Crippen LogP contribution in [0.25, 0.3) is 0 Å². The molecule has 0 aliphatic carbocycles. The van der Waals surface area contributed by atoms with Gasteiger partial charge in [-0.05, 0) is 62.7 Å². The van der Waals surface area contributed by atoms with Crippen molar-refractivity contribution in [2.75, 3.05) is 22.6 Å². The van der Waals surface area contributed by atoms with Crippen molar-refractivity contribution in [3.05, 3.63) is 70.2 Å². The average molecular weight is 439 g/mol. The third kappa shape index (κ3) is 5.89. The number of carbonyl (C=O) groups excluding carboxylic acids is 3. The highest BCUT2D eigenvalue weighted by Crippen LogP contribution is 2.24. The zero-order valence-electron chi connectivity index (χ0n) is 17.3. The van der Waals surface area contributed by atoms with Crippen LogP contribution in [0, 0.1) is 13.8 Å². The highest BCUT2D eigenvalue weighted by atomic mass is 32.1. The Balaban J connectivity index is 1.62. The molecule has 0 atom stereocenters. The van der Waals surface area contributed by atoms with E-state index in [4.69, 9.17) is 4.74 Å². The lowest BCUT2D eigenvalue weighted by Crippen LogP contribution is -2.19. The maximum atomic E-state index is 12.6. The van der Waals surface area contributed by atoms with E-state index in [1.165, 1.54) is 0 Å². The van der Waals surface area contributed by atoms with E-state index in [-0.39, 0.29) is 5.91 Å². The van der Waals surface area contributed by atoms with Crippen LogP contribution in [-0.2, 0) is 4.74 Å². The fourth-order valence-corrected chi connectivity index (χ4v) is 3.59. The zero-order chi connectivity index (χ0) is 22.4. The number of hydrogen-bond acceptors (Lipinski definition) is 6. The van der Waals surface area contributed by atoms with Gasteiger partial charge in [0.15, 0.2) is 5.13 Å². The summed E-state index contributed by atoms with van der Waals surface area (Å²) in [7, 11) is 0. The van der Waals surface area contributed by atoms with Crippen molar-refractivity contribution in [1.82, 2.24) is 4.98 Å². The van der Waals surface area contributed by atoms with Gasteiger partial charge in [0.2, 0.25) is 0 Å². The van der Waals surface area contributed by atoms with E-state index in [1.54, 1.807) is 44.2 Å². The molecule has 9 heteroatoms. The van der Waals surface area contributed by atoms with Crippen molar-refractivity contribution in [2.24, 2.45) is 0 Å². The van der Waals surface area contributed by atoms with Gasteiger partial charge in [-0.2, -0.15) is 0 Å². The quantitative estimate of drug-likeness (QED) is 0.478. The molecule has 1 aromatic heterocycles. The number of nitrogens with zero attached hydrogens (tertiary/aromatic N) is 1. The molecule has 0 saturated carbocycles. The second kappa shape index (κ2) is 9.86. The molecule has 0 aliphatic rings. The van der Waals surface area contributed by atoms with Gasteiger partial charge in [-0.15, -0.1) is 0 Å². The number of nitrogens with one attached hydrogen (secondary N) is 3. The third-order valence-electron chi connectivity index (χ3n) is 4.15. The average Bonchev–Trinajstić information content (AvgIpc) is 3.08. The molecule has 3 rings (SSSR count). The first-order chi connectivity index (χ1) is 14.9. The number of carbonyl (C=O) groups is 3. The van der Waals surface area contributed by atoms with Crippen LogP contribution in [0.2, 0.25) is 0 Å². The fourth-order valence-electron chi connectivity index (χ4n) is 2.73. The SMILES string of the molecule is CCOC(=O)c1ccc(NC(=O)c2sc(NC(=O)Nc3cccc(C)c3)nc2C)cc1. The monoisotopic (exact) mass is 438 g/mol. The number of thiazole rings is 1. The van der Waals surface area contributed by atoms with E-state index in [2.05, 4.69) is 20.9 Å². The standard InChI is InChI=1S/C22H22N4O4S/c1-4-30-20(28)15-8-10-16(11-9-15)24-19(27)18-14(3)23-22(31-18)26-21(29)25-17-7-5-6-13(2)12-17/h5-12H,4H2,1-3H3,(H,24,27)(H2,23,25,26,29). The lowest BCUT2D eigenvalue weighted by Gasteiger charge is -2.06. The maximum absolute atomic E-state index is 12.6. The Morgan fingerprint density at radius 3 is 2.39 bits per heavy atom. The van der Waals surface area contributed by atoms with E-state index in [0.717, 1.165) is 16.9 Å². The minimum atomic E-state index is -0.444. The van der Waals surface area contributed by atoms with Gasteiger partial charge in [-0.3, -0.25) is 10.1 Å². The first-order valence-corrected chi connectivity index (χ1v) is 10.4. The van der Waals surface area contributed by atoms with Crippen LogP contribution in [0.3, 0.4) is 0 Å². The summed E-state index contributed by atoms with van der Waals surface area (Å²) in [5, 5.41) is 8.45. The van der Waals surface area contributed by atoms with Crippen LogP contribution >= 0.6 is 11.3 Å². The zero-order valence-corrected chi connectivity index (χ0v) is 18.1. The normalized spacial score (nSPS) is 10.3. The summed E-state index contributed by atoms with van der Waals surface area (Å²) < 4.78 is 4.94. The first kappa shape index (κ1) is 22.0. The van der Waals surface area contributed by atoms with Gasteiger partial charge >= 0.3 is 12.0 Å². The van der Waals surface area contributed by atoms with Crippen molar-refractivity contribution in [3.63, 3.8) is 0 Å². The molecule has 31 heavy (non-hydrogen) atoms. The number of aryl methyl sites for hydroxylation is 2. The van der Waals surface area contributed by atoms with Crippen LogP contribution in [-0.4, -0.2) is 29.5 Å². The smallest absolute Gasteiger partial charge is 0.338 e. The van der Waals surface area contributed by atoms with Gasteiger partial charge in [0.1, 0.15) is 4.88 Å². The number of rotatable bonds is 6. The van der Waals surface area contributed by atoms with Gasteiger partial charge in [-0.1, -0.05) is 23.5 Å². The van der Waals surface area contributed by atoms with Gasteiger partial charge in [-0.25, -0.2) is 14.6 Å². The summed E-state index contributed by atoms with van der Waals surface area (Å²) >= 11 is 1.07. The summed E-state index contributed by atoms with van der Waals surface area (Å²) in [5.74, 6) is -0.774. The van der Waals surface area contributed by atoms with E-state index in [9.17, 15) is 14.4 Å². The minimum Gasteiger partial charge on any atom is -0.462 e. The molecule has 1 heterocycles. The van der Waals surface area contributed by atoms with Crippen molar-refractivity contribution in [1.29, 1.82) is 0 Å². The van der Waals surface area contributed by atoms with Crippen molar-refractivity contribution < 1.29 is 19.1 Å². The van der Waals surface area contributed by atoms with Crippen molar-refractivity contribution >= 4 is 45.8 Å². The number of hydrogen-bond donors (Lipinski definition) is 3. The third-order valence-corrected chi connectivity index (χ3v) is 5.22. The molecule has 0 unspecified atom stereocenters. The van der Waals surface area contributed by atoms with E-state index in [1.807, 2.05) is 25.1 Å². The molecular weight excluding hydrogens is 416 g/mol. The largest absolute Gasteiger partial charge is 0.462 e. The molecule has 0 aliphatic heterocycles. The minimum absolute atomic E-state index is 0.293. The molecule has 0 bridgehead atoms. The number of ether oxygens (including phenoxy) is 1. The van der Waals surface area contributed by atoms with Crippen molar-refractivity contribution in [2.45, 2.75) is 20.8 Å². The van der Waals surface area contributed by atoms with E-state index < -0.39 is 12.0 Å². The van der Waals surface area contributed by atoms with Crippen LogP contribution in [0.15, 0.2) is 48.5 Å². The predicted molar refractivity (Wildman–Crippen MR) is 121 cm³/mol. The number of urea groups is 1. The molecule has 3 aromatic rings. The highest BCUT2D eigenvalue weighted by Gasteiger charge is 2.17. The molecule has 8 nitrogen and oxygen atoms in total. The summed E-state index contributed by atoms with van der Waals surface area (Å²) in [6, 6.07) is 13.4. The summed E-state index contributed by atoms with van der Waals surface area (Å²) in [4.78, 5) is 41.2. The van der Waals surface area contributed by atoms with Gasteiger partial charge in [0.25, 0.3) is 5.91 Å². The van der Waals surface area contributed by atoms with E-state index >= 15 is 0 Å². The molecule has 0 saturated heterocycles. The number of aromatic nitrogens is 1. The van der Waals surface area contributed by atoms with Crippen molar-refractivity contribution in [3.8, 4) is 0 Å². The summed E-state index contributed by atoms with van der Waals surface area (Å²) in [5.41, 5.74) is 3.11. The predicted octanol–water partition coefficient (Wildman–Crippen LogP) is 4.83. The molecule has 0 fully saturated rings. The number of anilines is 3. The Morgan fingerprint density at radius 1 is 0.968 bits per heavy atom. The second-order valence-corrected chi connectivity index (χ2v) is 7.63. The molecule has 0 spiro atoms. The number of benzene rings is 2. The van der Waals surface area contributed by atoms with E-state index in [0.29, 0.717) is 39.2 Å². The second-order valence-electron chi connectivity index (χ2n) is 6.63. The number of amides is 3. The van der Waals surface area contributed by atoms with Gasteiger partial charge < -0.3 is 15.4 Å². The van der Waals surface area contributed by atoms with Crippen LogP contribution in [0.1, 0.15) is 38.2 Å². The topological polar surface area (TPSA) is 109 Å². The van der Waals surface area contributed by atoms with Gasteiger partial charge in [0, 0.05) is 11.4 Å². The van der Waals surface area contributed by atoms with Crippen LogP contribution in [0.4, 0.5) is 21.3 Å². The Bertz CT molecular complexity index is 1110. The molecule has 3 N–H and O–H groups in total. The summed E-state index contributed by atoms with van der Waals surface area (Å²) in [6.07, 6.45) is 0. The summed E-state index contributed by atoms with van der Waals surface area (Å²) in [6.45, 7) is 5.65. The molecule has 2 aromatic carbocycles.